The van der Waals surface area contributed by atoms with Crippen LogP contribution in [0.15, 0.2) is 42.6 Å². The number of carbonyl (C=O) groups excluding carboxylic acids is 1. The van der Waals surface area contributed by atoms with Gasteiger partial charge >= 0.3 is 6.03 Å². The first kappa shape index (κ1) is 15.1. The summed E-state index contributed by atoms with van der Waals surface area (Å²) in [5, 5.41) is 5.99. The minimum Gasteiger partial charge on any atom is -0.471 e. The number of anilines is 1. The van der Waals surface area contributed by atoms with Crippen molar-refractivity contribution >= 4 is 23.3 Å². The Morgan fingerprint density at radius 2 is 1.95 bits per heavy atom. The van der Waals surface area contributed by atoms with Crippen LogP contribution in [0.5, 0.6) is 5.75 Å². The predicted octanol–water partition coefficient (Wildman–Crippen LogP) is 3.59. The Kier molecular flexibility index (Phi) is 5.00. The van der Waals surface area contributed by atoms with Crippen LogP contribution in [0.2, 0.25) is 5.02 Å². The predicted molar refractivity (Wildman–Crippen MR) is 82.7 cm³/mol. The first-order valence-corrected chi connectivity index (χ1v) is 6.83. The fraction of sp³-hybridized carbons (Fsp3) is 0.200. The van der Waals surface area contributed by atoms with Crippen molar-refractivity contribution in [3.8, 4) is 5.75 Å². The second kappa shape index (κ2) is 6.95. The summed E-state index contributed by atoms with van der Waals surface area (Å²) in [6.45, 7) is 3.62. The van der Waals surface area contributed by atoms with Crippen LogP contribution < -0.4 is 15.4 Å². The zero-order valence-electron chi connectivity index (χ0n) is 11.8. The van der Waals surface area contributed by atoms with E-state index >= 15 is 0 Å². The van der Waals surface area contributed by atoms with E-state index in [-0.39, 0.29) is 6.03 Å². The number of hydrogen-bond donors (Lipinski definition) is 2. The van der Waals surface area contributed by atoms with Crippen molar-refractivity contribution in [3.63, 3.8) is 0 Å². The van der Waals surface area contributed by atoms with Gasteiger partial charge < -0.3 is 15.4 Å². The van der Waals surface area contributed by atoms with Gasteiger partial charge in [0.15, 0.2) is 6.23 Å². The topological polar surface area (TPSA) is 63.2 Å². The Hall–Kier alpha value is -2.27. The number of benzene rings is 1. The van der Waals surface area contributed by atoms with Gasteiger partial charge in [0.05, 0.1) is 11.9 Å². The minimum atomic E-state index is -0.482. The fourth-order valence-corrected chi connectivity index (χ4v) is 1.77. The van der Waals surface area contributed by atoms with Crippen molar-refractivity contribution < 1.29 is 9.53 Å². The summed E-state index contributed by atoms with van der Waals surface area (Å²) >= 11 is 5.79. The molecule has 1 aromatic carbocycles. The van der Waals surface area contributed by atoms with Gasteiger partial charge in [-0.05, 0) is 50.2 Å². The van der Waals surface area contributed by atoms with Crippen LogP contribution in [0.4, 0.5) is 10.5 Å². The average Bonchev–Trinajstić information content (AvgIpc) is 2.44. The first-order chi connectivity index (χ1) is 10.0. The lowest BCUT2D eigenvalue weighted by Gasteiger charge is -2.16. The number of ether oxygens (including phenoxy) is 1. The average molecular weight is 306 g/mol. The number of nitrogens with one attached hydrogen (secondary N) is 2. The van der Waals surface area contributed by atoms with Gasteiger partial charge in [-0.25, -0.2) is 4.79 Å². The van der Waals surface area contributed by atoms with Crippen molar-refractivity contribution in [2.75, 3.05) is 5.32 Å². The molecule has 0 bridgehead atoms. The van der Waals surface area contributed by atoms with E-state index in [1.807, 2.05) is 13.0 Å². The molecular formula is C15H16ClN3O2. The molecular weight excluding hydrogens is 290 g/mol. The summed E-state index contributed by atoms with van der Waals surface area (Å²) in [4.78, 5) is 15.9. The smallest absolute Gasteiger partial charge is 0.322 e. The van der Waals surface area contributed by atoms with E-state index in [0.29, 0.717) is 16.5 Å². The van der Waals surface area contributed by atoms with Crippen LogP contribution in [0.1, 0.15) is 12.6 Å². The molecule has 0 saturated heterocycles. The quantitative estimate of drug-likeness (QED) is 0.849. The fourth-order valence-electron chi connectivity index (χ4n) is 1.64. The molecule has 21 heavy (non-hydrogen) atoms. The monoisotopic (exact) mass is 305 g/mol. The Bertz CT molecular complexity index is 599. The Morgan fingerprint density at radius 1 is 1.24 bits per heavy atom. The zero-order valence-corrected chi connectivity index (χ0v) is 12.5. The Morgan fingerprint density at radius 3 is 2.57 bits per heavy atom. The van der Waals surface area contributed by atoms with E-state index in [0.717, 1.165) is 5.69 Å². The molecule has 0 saturated carbocycles. The van der Waals surface area contributed by atoms with Crippen LogP contribution in [0.25, 0.3) is 0 Å². The van der Waals surface area contributed by atoms with Crippen molar-refractivity contribution in [3.05, 3.63) is 53.3 Å². The SMILES string of the molecule is Cc1ccc(NC(=O)NC(C)Oc2ccc(Cl)cc2)cn1. The third kappa shape index (κ3) is 4.96. The number of hydrogen-bond acceptors (Lipinski definition) is 3. The van der Waals surface area contributed by atoms with Crippen molar-refractivity contribution in [1.29, 1.82) is 0 Å². The highest BCUT2D eigenvalue weighted by Gasteiger charge is 2.08. The summed E-state index contributed by atoms with van der Waals surface area (Å²) in [5.74, 6) is 0.629. The third-order valence-electron chi connectivity index (χ3n) is 2.63. The highest BCUT2D eigenvalue weighted by Crippen LogP contribution is 2.16. The van der Waals surface area contributed by atoms with Gasteiger partial charge in [0.25, 0.3) is 0 Å². The lowest BCUT2D eigenvalue weighted by molar-refractivity contribution is 0.183. The molecule has 110 valence electrons. The van der Waals surface area contributed by atoms with E-state index in [2.05, 4.69) is 15.6 Å². The third-order valence-corrected chi connectivity index (χ3v) is 2.88. The highest BCUT2D eigenvalue weighted by atomic mass is 35.5. The van der Waals surface area contributed by atoms with Crippen LogP contribution >= 0.6 is 11.6 Å². The normalized spacial score (nSPS) is 11.6. The molecule has 0 aliphatic heterocycles. The van der Waals surface area contributed by atoms with Crippen LogP contribution in [-0.4, -0.2) is 17.2 Å². The largest absolute Gasteiger partial charge is 0.471 e. The van der Waals surface area contributed by atoms with Gasteiger partial charge in [0.1, 0.15) is 5.75 Å². The van der Waals surface area contributed by atoms with E-state index in [9.17, 15) is 4.79 Å². The van der Waals surface area contributed by atoms with Crippen LogP contribution in [0, 0.1) is 6.92 Å². The highest BCUT2D eigenvalue weighted by molar-refractivity contribution is 6.30. The van der Waals surface area contributed by atoms with E-state index in [1.165, 1.54) is 0 Å². The van der Waals surface area contributed by atoms with Gasteiger partial charge in [0.2, 0.25) is 0 Å². The number of rotatable bonds is 4. The number of pyridine rings is 1. The maximum atomic E-state index is 11.8. The zero-order chi connectivity index (χ0) is 15.2. The lowest BCUT2D eigenvalue weighted by atomic mass is 10.3. The van der Waals surface area contributed by atoms with E-state index in [1.54, 1.807) is 43.5 Å². The molecule has 1 unspecified atom stereocenters. The lowest BCUT2D eigenvalue weighted by Crippen LogP contribution is -2.39. The summed E-state index contributed by atoms with van der Waals surface area (Å²) < 4.78 is 5.55. The summed E-state index contributed by atoms with van der Waals surface area (Å²) in [6.07, 6.45) is 1.11. The van der Waals surface area contributed by atoms with Gasteiger partial charge in [-0.3, -0.25) is 4.98 Å². The molecule has 2 aromatic rings. The van der Waals surface area contributed by atoms with E-state index in [4.69, 9.17) is 16.3 Å². The molecule has 1 atom stereocenters. The molecule has 5 nitrogen and oxygen atoms in total. The summed E-state index contributed by atoms with van der Waals surface area (Å²) in [5.41, 5.74) is 1.51. The van der Waals surface area contributed by atoms with Crippen molar-refractivity contribution in [2.24, 2.45) is 0 Å². The molecule has 2 amide bonds. The second-order valence-electron chi connectivity index (χ2n) is 4.50. The summed E-state index contributed by atoms with van der Waals surface area (Å²) in [7, 11) is 0. The number of aryl methyl sites for hydroxylation is 1. The van der Waals surface area contributed by atoms with Gasteiger partial charge in [-0.1, -0.05) is 11.6 Å². The molecule has 6 heteroatoms. The summed E-state index contributed by atoms with van der Waals surface area (Å²) in [6, 6.07) is 10.2. The molecule has 0 aliphatic rings. The number of halogens is 1. The first-order valence-electron chi connectivity index (χ1n) is 6.45. The number of amides is 2. The standard InChI is InChI=1S/C15H16ClN3O2/c1-10-3-6-13(9-17-10)19-15(20)18-11(2)21-14-7-4-12(16)5-8-14/h3-9,11H,1-2H3,(H2,18,19,20). The Labute approximate surface area is 128 Å². The second-order valence-corrected chi connectivity index (χ2v) is 4.94. The molecule has 2 rings (SSSR count). The molecule has 1 heterocycles. The molecule has 0 radical (unpaired) electrons. The van der Waals surface area contributed by atoms with Gasteiger partial charge in [-0.15, -0.1) is 0 Å². The molecule has 0 spiro atoms. The molecule has 2 N–H and O–H groups in total. The minimum absolute atomic E-state index is 0.359. The Balaban J connectivity index is 1.84. The maximum absolute atomic E-state index is 11.8. The number of aromatic nitrogens is 1. The molecule has 0 fully saturated rings. The van der Waals surface area contributed by atoms with Gasteiger partial charge in [0, 0.05) is 10.7 Å². The van der Waals surface area contributed by atoms with Crippen molar-refractivity contribution in [2.45, 2.75) is 20.1 Å². The van der Waals surface area contributed by atoms with Crippen LogP contribution in [0.3, 0.4) is 0 Å². The number of nitrogens with zero attached hydrogens (tertiary/aromatic N) is 1. The van der Waals surface area contributed by atoms with Crippen LogP contribution in [-0.2, 0) is 0 Å². The van der Waals surface area contributed by atoms with E-state index < -0.39 is 6.23 Å². The number of carbonyl (C=O) groups is 1. The molecule has 1 aromatic heterocycles. The van der Waals surface area contributed by atoms with Gasteiger partial charge in [-0.2, -0.15) is 0 Å². The maximum Gasteiger partial charge on any atom is 0.322 e. The van der Waals surface area contributed by atoms with Crippen molar-refractivity contribution in [1.82, 2.24) is 10.3 Å². The number of urea groups is 1. The molecule has 0 aliphatic carbocycles.